The minimum absolute atomic E-state index is 0.177. The Morgan fingerprint density at radius 1 is 1.08 bits per heavy atom. The summed E-state index contributed by atoms with van der Waals surface area (Å²) < 4.78 is 22.1. The van der Waals surface area contributed by atoms with Crippen LogP contribution in [0.3, 0.4) is 0 Å². The van der Waals surface area contributed by atoms with Gasteiger partial charge in [0.1, 0.15) is 30.8 Å². The molecule has 36 heavy (non-hydrogen) atoms. The largest absolute Gasteiger partial charge is 0.497 e. The van der Waals surface area contributed by atoms with Gasteiger partial charge in [0.25, 0.3) is 0 Å². The molecule has 2 aromatic carbocycles. The Bertz CT molecular complexity index is 983. The van der Waals surface area contributed by atoms with Gasteiger partial charge in [0.2, 0.25) is 5.91 Å². The van der Waals surface area contributed by atoms with Gasteiger partial charge in [-0.15, -0.1) is 0 Å². The molecule has 1 aliphatic carbocycles. The Balaban J connectivity index is 1.34. The van der Waals surface area contributed by atoms with Crippen LogP contribution in [0.2, 0.25) is 0 Å². The highest BCUT2D eigenvalue weighted by Crippen LogP contribution is 2.33. The van der Waals surface area contributed by atoms with Crippen LogP contribution in [-0.4, -0.2) is 57.1 Å². The first-order valence-electron chi connectivity index (χ1n) is 12.9. The first-order chi connectivity index (χ1) is 17.5. The van der Waals surface area contributed by atoms with E-state index in [1.165, 1.54) is 19.3 Å². The number of rotatable bonds is 12. The predicted molar refractivity (Wildman–Crippen MR) is 137 cm³/mol. The Hall–Kier alpha value is -2.97. The maximum Gasteiger partial charge on any atom is 0.223 e. The Morgan fingerprint density at radius 3 is 2.56 bits per heavy atom. The summed E-state index contributed by atoms with van der Waals surface area (Å²) in [5.74, 6) is 3.92. The number of amides is 1. The van der Waals surface area contributed by atoms with Crippen molar-refractivity contribution in [1.82, 2.24) is 10.6 Å². The zero-order chi connectivity index (χ0) is 25.3. The third-order valence-electron chi connectivity index (χ3n) is 6.89. The van der Waals surface area contributed by atoms with E-state index in [1.807, 2.05) is 24.3 Å². The minimum atomic E-state index is -0.901. The molecule has 1 heterocycles. The first-order valence-corrected chi connectivity index (χ1v) is 12.9. The molecule has 3 N–H and O–H groups in total. The van der Waals surface area contributed by atoms with Crippen molar-refractivity contribution in [2.24, 2.45) is 11.8 Å². The maximum absolute atomic E-state index is 12.8. The quantitative estimate of drug-likeness (QED) is 0.412. The number of hydrogen-bond acceptors (Lipinski definition) is 7. The molecule has 0 aromatic heterocycles. The zero-order valence-corrected chi connectivity index (χ0v) is 21.2. The van der Waals surface area contributed by atoms with Crippen LogP contribution in [0.1, 0.15) is 44.3 Å². The van der Waals surface area contributed by atoms with Crippen molar-refractivity contribution in [2.75, 3.05) is 40.0 Å². The van der Waals surface area contributed by atoms with Crippen LogP contribution in [0.4, 0.5) is 0 Å². The summed E-state index contributed by atoms with van der Waals surface area (Å²) in [7, 11) is 1.61. The molecule has 0 saturated heterocycles. The second-order valence-corrected chi connectivity index (χ2v) is 9.74. The molecular weight excluding hydrogens is 460 g/mol. The van der Waals surface area contributed by atoms with E-state index in [9.17, 15) is 9.90 Å². The normalized spacial score (nSPS) is 20.4. The number of carbonyl (C=O) groups is 1. The molecule has 1 unspecified atom stereocenters. The highest BCUT2D eigenvalue weighted by atomic mass is 16.6. The van der Waals surface area contributed by atoms with E-state index in [2.05, 4.69) is 17.6 Å². The van der Waals surface area contributed by atoms with Crippen LogP contribution in [0.25, 0.3) is 0 Å². The lowest BCUT2D eigenvalue weighted by molar-refractivity contribution is -0.123. The third kappa shape index (κ3) is 7.27. The minimum Gasteiger partial charge on any atom is -0.497 e. The van der Waals surface area contributed by atoms with E-state index in [0.29, 0.717) is 48.5 Å². The van der Waals surface area contributed by atoms with Gasteiger partial charge in [0, 0.05) is 6.54 Å². The molecule has 0 radical (unpaired) electrons. The molecule has 196 valence electrons. The summed E-state index contributed by atoms with van der Waals surface area (Å²) in [4.78, 5) is 12.8. The molecule has 0 spiro atoms. The van der Waals surface area contributed by atoms with Crippen molar-refractivity contribution in [3.8, 4) is 23.0 Å². The number of carbonyl (C=O) groups excluding carboxylic acids is 1. The Kier molecular flexibility index (Phi) is 9.30. The van der Waals surface area contributed by atoms with Crippen molar-refractivity contribution in [2.45, 2.75) is 44.8 Å². The molecule has 4 atom stereocenters. The van der Waals surface area contributed by atoms with Gasteiger partial charge in [0.05, 0.1) is 26.2 Å². The fourth-order valence-corrected chi connectivity index (χ4v) is 4.88. The summed E-state index contributed by atoms with van der Waals surface area (Å²) in [5, 5.41) is 17.7. The molecule has 1 saturated carbocycles. The molecule has 1 fully saturated rings. The second kappa shape index (κ2) is 12.8. The number of aliphatic hydroxyl groups excluding tert-OH is 1. The van der Waals surface area contributed by atoms with Crippen LogP contribution in [0.15, 0.2) is 42.5 Å². The number of nitrogens with one attached hydrogen (secondary N) is 2. The molecule has 8 nitrogen and oxygen atoms in total. The van der Waals surface area contributed by atoms with Crippen LogP contribution in [-0.2, 0) is 4.79 Å². The SMILES string of the molecule is COc1ccc(OCCC(=O)N[C@H](CNC[C@@H]2CCC(C)C2)[C@H](O)c2ccc3c(c2)OCCO3)cc1. The number of methoxy groups -OCH3 is 1. The van der Waals surface area contributed by atoms with Crippen LogP contribution in [0, 0.1) is 11.8 Å². The van der Waals surface area contributed by atoms with Gasteiger partial charge in [-0.05, 0) is 73.2 Å². The lowest BCUT2D eigenvalue weighted by Gasteiger charge is -2.27. The topological polar surface area (TPSA) is 98.3 Å². The van der Waals surface area contributed by atoms with Crippen molar-refractivity contribution in [3.63, 3.8) is 0 Å². The molecule has 1 amide bonds. The van der Waals surface area contributed by atoms with E-state index in [1.54, 1.807) is 25.3 Å². The van der Waals surface area contributed by atoms with Crippen molar-refractivity contribution in [3.05, 3.63) is 48.0 Å². The van der Waals surface area contributed by atoms with Crippen LogP contribution >= 0.6 is 0 Å². The highest BCUT2D eigenvalue weighted by molar-refractivity contribution is 5.76. The molecular formula is C28H38N2O6. The second-order valence-electron chi connectivity index (χ2n) is 9.74. The summed E-state index contributed by atoms with van der Waals surface area (Å²) in [6, 6.07) is 12.2. The zero-order valence-electron chi connectivity index (χ0n) is 21.2. The number of hydrogen-bond donors (Lipinski definition) is 3. The van der Waals surface area contributed by atoms with Gasteiger partial charge < -0.3 is 34.7 Å². The fraction of sp³-hybridized carbons (Fsp3) is 0.536. The van der Waals surface area contributed by atoms with E-state index in [-0.39, 0.29) is 18.9 Å². The van der Waals surface area contributed by atoms with E-state index in [0.717, 1.165) is 18.2 Å². The molecule has 2 aromatic rings. The monoisotopic (exact) mass is 498 g/mol. The molecule has 8 heteroatoms. The summed E-state index contributed by atoms with van der Waals surface area (Å²) in [6.07, 6.45) is 2.98. The molecule has 2 aliphatic rings. The summed E-state index contributed by atoms with van der Waals surface area (Å²) in [6.45, 7) is 4.86. The van der Waals surface area contributed by atoms with Crippen molar-refractivity contribution >= 4 is 5.91 Å². The van der Waals surface area contributed by atoms with E-state index < -0.39 is 12.1 Å². The average Bonchev–Trinajstić information content (AvgIpc) is 3.32. The van der Waals surface area contributed by atoms with Gasteiger partial charge in [-0.1, -0.05) is 19.4 Å². The van der Waals surface area contributed by atoms with Gasteiger partial charge in [-0.2, -0.15) is 0 Å². The van der Waals surface area contributed by atoms with Gasteiger partial charge in [-0.3, -0.25) is 4.79 Å². The molecule has 4 rings (SSSR count). The highest BCUT2D eigenvalue weighted by Gasteiger charge is 2.26. The smallest absolute Gasteiger partial charge is 0.223 e. The predicted octanol–water partition coefficient (Wildman–Crippen LogP) is 3.48. The van der Waals surface area contributed by atoms with Crippen LogP contribution in [0.5, 0.6) is 23.0 Å². The fourth-order valence-electron chi connectivity index (χ4n) is 4.88. The number of aliphatic hydroxyl groups is 1. The number of fused-ring (bicyclic) bond motifs is 1. The van der Waals surface area contributed by atoms with Crippen LogP contribution < -0.4 is 29.6 Å². The lowest BCUT2D eigenvalue weighted by Crippen LogP contribution is -2.47. The first kappa shape index (κ1) is 26.1. The van der Waals surface area contributed by atoms with E-state index in [4.69, 9.17) is 18.9 Å². The number of ether oxygens (including phenoxy) is 4. The molecule has 1 aliphatic heterocycles. The Labute approximate surface area is 213 Å². The molecule has 0 bridgehead atoms. The van der Waals surface area contributed by atoms with Crippen molar-refractivity contribution in [1.29, 1.82) is 0 Å². The van der Waals surface area contributed by atoms with Gasteiger partial charge in [-0.25, -0.2) is 0 Å². The standard InChI is InChI=1S/C28H38N2O6/c1-19-3-4-20(15-19)17-29-18-24(28(32)21-5-10-25-26(16-21)36-14-13-35-25)30-27(31)11-12-34-23-8-6-22(33-2)7-9-23/h5-10,16,19-20,24,28-29,32H,3-4,11-15,17-18H2,1-2H3,(H,30,31)/t19?,20-,24-,28-/m1/s1. The average molecular weight is 499 g/mol. The maximum atomic E-state index is 12.8. The summed E-state index contributed by atoms with van der Waals surface area (Å²) in [5.41, 5.74) is 0.676. The third-order valence-corrected chi connectivity index (χ3v) is 6.89. The van der Waals surface area contributed by atoms with Gasteiger partial charge in [0.15, 0.2) is 11.5 Å². The lowest BCUT2D eigenvalue weighted by atomic mass is 10.0. The van der Waals surface area contributed by atoms with Gasteiger partial charge >= 0.3 is 0 Å². The number of benzene rings is 2. The Morgan fingerprint density at radius 2 is 1.83 bits per heavy atom. The van der Waals surface area contributed by atoms with E-state index >= 15 is 0 Å². The summed E-state index contributed by atoms with van der Waals surface area (Å²) >= 11 is 0. The van der Waals surface area contributed by atoms with Crippen molar-refractivity contribution < 1.29 is 28.8 Å².